The van der Waals surface area contributed by atoms with Gasteiger partial charge in [-0.1, -0.05) is 0 Å². The van der Waals surface area contributed by atoms with Gasteiger partial charge in [0, 0.05) is 49.7 Å². The van der Waals surface area contributed by atoms with Crippen molar-refractivity contribution in [2.45, 2.75) is 31.8 Å². The van der Waals surface area contributed by atoms with Crippen molar-refractivity contribution in [2.75, 3.05) is 26.2 Å². The first-order valence-electron chi connectivity index (χ1n) is 9.40. The predicted molar refractivity (Wildman–Crippen MR) is 101 cm³/mol. The fourth-order valence-electron chi connectivity index (χ4n) is 3.46. The van der Waals surface area contributed by atoms with E-state index in [9.17, 15) is 19.7 Å². The van der Waals surface area contributed by atoms with Crippen molar-refractivity contribution in [3.05, 3.63) is 34.0 Å². The van der Waals surface area contributed by atoms with Gasteiger partial charge in [-0.05, 0) is 25.8 Å². The summed E-state index contributed by atoms with van der Waals surface area (Å²) < 4.78 is 0. The lowest BCUT2D eigenvalue weighted by molar-refractivity contribution is -0.384. The molecule has 1 atom stereocenters. The molecule has 2 amide bonds. The second kappa shape index (κ2) is 7.19. The molecule has 0 radical (unpaired) electrons. The maximum Gasteiger partial charge on any atom is 0.275 e. The molecule has 0 spiro atoms. The molecule has 4 rings (SSSR count). The summed E-state index contributed by atoms with van der Waals surface area (Å²) in [5.74, 6) is -0.227. The number of nitrogens with zero attached hydrogens (tertiary/aromatic N) is 4. The molecule has 10 nitrogen and oxygen atoms in total. The van der Waals surface area contributed by atoms with Gasteiger partial charge in [0.05, 0.1) is 16.5 Å². The quantitative estimate of drug-likeness (QED) is 0.581. The van der Waals surface area contributed by atoms with E-state index in [1.54, 1.807) is 11.0 Å². The third kappa shape index (κ3) is 3.55. The predicted octanol–water partition coefficient (Wildman–Crippen LogP) is 0.896. The Balaban J connectivity index is 1.42. The lowest BCUT2D eigenvalue weighted by Crippen LogP contribution is -2.55. The summed E-state index contributed by atoms with van der Waals surface area (Å²) in [5.41, 5.74) is 0.688. The summed E-state index contributed by atoms with van der Waals surface area (Å²) in [4.78, 5) is 39.4. The average molecular weight is 386 g/mol. The van der Waals surface area contributed by atoms with Crippen LogP contribution in [-0.2, 0) is 4.79 Å². The number of aromatic nitrogens is 2. The van der Waals surface area contributed by atoms with Gasteiger partial charge in [-0.2, -0.15) is 5.10 Å². The van der Waals surface area contributed by atoms with Crippen LogP contribution in [-0.4, -0.2) is 75.0 Å². The topological polar surface area (TPSA) is 124 Å². The standard InChI is InChI=1S/C18H22N6O4/c1-11(17(25)19-12-2-3-12)22-6-8-23(9-7-22)18(26)16-14-10-13(24(27)28)4-5-15(14)20-21-16/h4-5,10-12H,2-3,6-9H2,1H3,(H,19,25)(H,20,21). The molecule has 2 heterocycles. The van der Waals surface area contributed by atoms with Crippen molar-refractivity contribution in [1.82, 2.24) is 25.3 Å². The number of nitrogens with one attached hydrogen (secondary N) is 2. The Bertz CT molecular complexity index is 929. The number of amides is 2. The molecule has 10 heteroatoms. The van der Waals surface area contributed by atoms with Gasteiger partial charge in [-0.25, -0.2) is 0 Å². The minimum atomic E-state index is -0.493. The van der Waals surface area contributed by atoms with E-state index >= 15 is 0 Å². The largest absolute Gasteiger partial charge is 0.352 e. The van der Waals surface area contributed by atoms with Crippen LogP contribution in [0.1, 0.15) is 30.3 Å². The van der Waals surface area contributed by atoms with Gasteiger partial charge >= 0.3 is 0 Å². The second-order valence-electron chi connectivity index (χ2n) is 7.35. The number of benzene rings is 1. The van der Waals surface area contributed by atoms with Gasteiger partial charge < -0.3 is 10.2 Å². The first-order chi connectivity index (χ1) is 13.4. The molecule has 1 aromatic carbocycles. The van der Waals surface area contributed by atoms with Crippen molar-refractivity contribution >= 4 is 28.4 Å². The fraction of sp³-hybridized carbons (Fsp3) is 0.500. The smallest absolute Gasteiger partial charge is 0.275 e. The molecule has 1 aliphatic heterocycles. The number of nitro benzene ring substituents is 1. The van der Waals surface area contributed by atoms with Crippen molar-refractivity contribution < 1.29 is 14.5 Å². The van der Waals surface area contributed by atoms with Crippen LogP contribution in [0.4, 0.5) is 5.69 Å². The van der Waals surface area contributed by atoms with Crippen LogP contribution >= 0.6 is 0 Å². The van der Waals surface area contributed by atoms with Gasteiger partial charge in [0.1, 0.15) is 0 Å². The van der Waals surface area contributed by atoms with Crippen molar-refractivity contribution in [3.63, 3.8) is 0 Å². The Hall–Kier alpha value is -3.01. The maximum atomic E-state index is 12.9. The number of aromatic amines is 1. The highest BCUT2D eigenvalue weighted by atomic mass is 16.6. The maximum absolute atomic E-state index is 12.9. The van der Waals surface area contributed by atoms with E-state index < -0.39 is 4.92 Å². The molecule has 1 unspecified atom stereocenters. The number of hydrogen-bond donors (Lipinski definition) is 2. The zero-order valence-electron chi connectivity index (χ0n) is 15.6. The van der Waals surface area contributed by atoms with E-state index in [-0.39, 0.29) is 29.2 Å². The van der Waals surface area contributed by atoms with E-state index in [1.165, 1.54) is 12.1 Å². The number of hydrogen-bond acceptors (Lipinski definition) is 6. The molecule has 1 aliphatic carbocycles. The van der Waals surface area contributed by atoms with E-state index in [0.29, 0.717) is 43.1 Å². The molecule has 28 heavy (non-hydrogen) atoms. The Morgan fingerprint density at radius 3 is 2.64 bits per heavy atom. The first-order valence-corrected chi connectivity index (χ1v) is 9.40. The summed E-state index contributed by atoms with van der Waals surface area (Å²) in [6.07, 6.45) is 2.10. The Labute approximate surface area is 161 Å². The number of fused-ring (bicyclic) bond motifs is 1. The summed E-state index contributed by atoms with van der Waals surface area (Å²) in [6, 6.07) is 4.39. The number of rotatable bonds is 5. The Morgan fingerprint density at radius 1 is 1.29 bits per heavy atom. The Morgan fingerprint density at radius 2 is 2.00 bits per heavy atom. The van der Waals surface area contributed by atoms with Crippen LogP contribution in [0, 0.1) is 10.1 Å². The average Bonchev–Trinajstić information content (AvgIpc) is 3.42. The number of H-pyrrole nitrogens is 1. The second-order valence-corrected chi connectivity index (χ2v) is 7.35. The van der Waals surface area contributed by atoms with Crippen molar-refractivity contribution in [1.29, 1.82) is 0 Å². The number of carbonyl (C=O) groups is 2. The van der Waals surface area contributed by atoms with Gasteiger partial charge in [0.2, 0.25) is 5.91 Å². The lowest BCUT2D eigenvalue weighted by Gasteiger charge is -2.37. The minimum absolute atomic E-state index is 0.0351. The van der Waals surface area contributed by atoms with Gasteiger partial charge in [-0.3, -0.25) is 29.7 Å². The normalized spacial score (nSPS) is 18.8. The molecule has 2 N–H and O–H groups in total. The molecular formula is C18H22N6O4. The number of carbonyl (C=O) groups excluding carboxylic acids is 2. The van der Waals surface area contributed by atoms with Crippen LogP contribution in [0.3, 0.4) is 0 Å². The highest BCUT2D eigenvalue weighted by Crippen LogP contribution is 2.24. The SMILES string of the molecule is CC(C(=O)NC1CC1)N1CCN(C(=O)c2n[nH]c3ccc([N+](=O)[O-])cc23)CC1. The van der Waals surface area contributed by atoms with Gasteiger partial charge in [0.25, 0.3) is 11.6 Å². The number of nitro groups is 1. The summed E-state index contributed by atoms with van der Waals surface area (Å²) in [7, 11) is 0. The highest BCUT2D eigenvalue weighted by molar-refractivity contribution is 6.05. The Kier molecular flexibility index (Phi) is 4.71. The lowest BCUT2D eigenvalue weighted by atomic mass is 10.1. The van der Waals surface area contributed by atoms with Crippen molar-refractivity contribution in [3.8, 4) is 0 Å². The van der Waals surface area contributed by atoms with E-state index in [0.717, 1.165) is 12.8 Å². The highest BCUT2D eigenvalue weighted by Gasteiger charge is 2.32. The zero-order valence-corrected chi connectivity index (χ0v) is 15.6. The zero-order chi connectivity index (χ0) is 19.8. The van der Waals surface area contributed by atoms with Crippen LogP contribution in [0.5, 0.6) is 0 Å². The van der Waals surface area contributed by atoms with E-state index in [4.69, 9.17) is 0 Å². The molecule has 2 aliphatic rings. The summed E-state index contributed by atoms with van der Waals surface area (Å²) in [6.45, 7) is 4.02. The molecule has 0 bridgehead atoms. The molecule has 1 saturated heterocycles. The van der Waals surface area contributed by atoms with Crippen LogP contribution < -0.4 is 5.32 Å². The molecule has 2 fully saturated rings. The third-order valence-electron chi connectivity index (χ3n) is 5.41. The van der Waals surface area contributed by atoms with E-state index in [2.05, 4.69) is 20.4 Å². The molecule has 148 valence electrons. The van der Waals surface area contributed by atoms with E-state index in [1.807, 2.05) is 6.92 Å². The first kappa shape index (κ1) is 18.4. The minimum Gasteiger partial charge on any atom is -0.352 e. The van der Waals surface area contributed by atoms with Gasteiger partial charge in [0.15, 0.2) is 5.69 Å². The van der Waals surface area contributed by atoms with Crippen LogP contribution in [0.2, 0.25) is 0 Å². The third-order valence-corrected chi connectivity index (χ3v) is 5.41. The van der Waals surface area contributed by atoms with Gasteiger partial charge in [-0.15, -0.1) is 0 Å². The molecule has 1 aromatic heterocycles. The molecule has 2 aromatic rings. The summed E-state index contributed by atoms with van der Waals surface area (Å²) in [5, 5.41) is 21.3. The monoisotopic (exact) mass is 386 g/mol. The fourth-order valence-corrected chi connectivity index (χ4v) is 3.46. The molecular weight excluding hydrogens is 364 g/mol. The van der Waals surface area contributed by atoms with Crippen LogP contribution in [0.25, 0.3) is 10.9 Å². The number of piperazine rings is 1. The van der Waals surface area contributed by atoms with Crippen molar-refractivity contribution in [2.24, 2.45) is 0 Å². The van der Waals surface area contributed by atoms with Crippen LogP contribution in [0.15, 0.2) is 18.2 Å². The molecule has 1 saturated carbocycles. The number of non-ortho nitro benzene ring substituents is 1. The summed E-state index contributed by atoms with van der Waals surface area (Å²) >= 11 is 0.